The van der Waals surface area contributed by atoms with Crippen LogP contribution in [0, 0.1) is 0 Å². The summed E-state index contributed by atoms with van der Waals surface area (Å²) in [7, 11) is -4.78. The summed E-state index contributed by atoms with van der Waals surface area (Å²) in [5, 5.41) is 0. The molecule has 1 rings (SSSR count). The number of esters is 2. The fourth-order valence-electron chi connectivity index (χ4n) is 5.18. The molecule has 1 saturated heterocycles. The Morgan fingerprint density at radius 3 is 1.86 bits per heavy atom. The predicted molar refractivity (Wildman–Crippen MR) is 206 cm³/mol. The molecule has 0 radical (unpaired) electrons. The Morgan fingerprint density at radius 1 is 0.647 bits per heavy atom. The summed E-state index contributed by atoms with van der Waals surface area (Å²) in [6.07, 6.45) is 43.7. The van der Waals surface area contributed by atoms with Gasteiger partial charge in [0, 0.05) is 12.8 Å². The molecule has 1 aliphatic heterocycles. The summed E-state index contributed by atoms with van der Waals surface area (Å²) < 4.78 is 32.0. The lowest BCUT2D eigenvalue weighted by Crippen LogP contribution is -2.29. The molecule has 290 valence electrons. The summed E-state index contributed by atoms with van der Waals surface area (Å²) in [5.41, 5.74) is 0. The molecular formula is C41H67O9P. The second kappa shape index (κ2) is 32.1. The van der Waals surface area contributed by atoms with Crippen molar-refractivity contribution >= 4 is 19.8 Å². The summed E-state index contributed by atoms with van der Waals surface area (Å²) in [5.74, 6) is -0.983. The van der Waals surface area contributed by atoms with E-state index in [9.17, 15) is 14.2 Å². The maximum Gasteiger partial charge on any atom is 0.469 e. The highest BCUT2D eigenvalue weighted by molar-refractivity contribution is 7.46. The van der Waals surface area contributed by atoms with E-state index in [0.29, 0.717) is 31.5 Å². The van der Waals surface area contributed by atoms with Crippen LogP contribution in [0.25, 0.3) is 0 Å². The van der Waals surface area contributed by atoms with Gasteiger partial charge in [0.15, 0.2) is 6.10 Å². The molecule has 0 spiro atoms. The first-order valence-electron chi connectivity index (χ1n) is 19.4. The molecule has 2 N–H and O–H groups in total. The third-order valence-electron chi connectivity index (χ3n) is 8.13. The topological polar surface area (TPSA) is 132 Å². The zero-order chi connectivity index (χ0) is 37.3. The minimum absolute atomic E-state index is 0.175. The first-order valence-corrected chi connectivity index (χ1v) is 20.9. The lowest BCUT2D eigenvalue weighted by atomic mass is 10.1. The maximum absolute atomic E-state index is 12.4. The van der Waals surface area contributed by atoms with Gasteiger partial charge < -0.3 is 24.0 Å². The number of epoxide rings is 1. The number of unbranched alkanes of at least 4 members (excludes halogenated alkanes) is 8. The second-order valence-electron chi connectivity index (χ2n) is 12.9. The Morgan fingerprint density at radius 2 is 1.22 bits per heavy atom. The van der Waals surface area contributed by atoms with Gasteiger partial charge in [-0.2, -0.15) is 0 Å². The molecule has 3 atom stereocenters. The van der Waals surface area contributed by atoms with Crippen molar-refractivity contribution in [1.29, 1.82) is 0 Å². The zero-order valence-electron chi connectivity index (χ0n) is 31.4. The van der Waals surface area contributed by atoms with Crippen LogP contribution in [0.2, 0.25) is 0 Å². The van der Waals surface area contributed by atoms with E-state index in [0.717, 1.165) is 70.6 Å². The van der Waals surface area contributed by atoms with Crippen molar-refractivity contribution in [1.82, 2.24) is 0 Å². The first-order chi connectivity index (χ1) is 24.7. The van der Waals surface area contributed by atoms with Crippen molar-refractivity contribution in [2.75, 3.05) is 13.2 Å². The standard InChI is InChI=1S/C41H67O9P/c1-3-5-7-8-9-10-11-12-13-14-15-16-17-18-22-25-29-33-40(42)47-35-37(36-48-51(44,45)46)49-41(43)34-30-26-23-20-19-21-24-28-32-39-38(50-39)31-27-6-4-2/h5,7,9-10,12-13,15-16,18,22,24,28,37-39H,3-4,6,8,11,14,17,19-21,23,25-27,29-36H2,1-2H3,(H2,44,45,46)/b7-5-,10-9-,13-12-,16-15-,22-18-,28-24-/t37-,38?,39?/m1/s1. The Balaban J connectivity index is 2.14. The van der Waals surface area contributed by atoms with Crippen molar-refractivity contribution in [3.05, 3.63) is 72.9 Å². The highest BCUT2D eigenvalue weighted by atomic mass is 31.2. The minimum Gasteiger partial charge on any atom is -0.462 e. The number of carbonyl (C=O) groups excluding carboxylic acids is 2. The van der Waals surface area contributed by atoms with E-state index >= 15 is 0 Å². The van der Waals surface area contributed by atoms with E-state index in [-0.39, 0.29) is 19.4 Å². The lowest BCUT2D eigenvalue weighted by Gasteiger charge is -2.18. The maximum atomic E-state index is 12.4. The third-order valence-corrected chi connectivity index (χ3v) is 8.62. The largest absolute Gasteiger partial charge is 0.469 e. The third kappa shape index (κ3) is 31.9. The number of hydrogen-bond donors (Lipinski definition) is 2. The van der Waals surface area contributed by atoms with Gasteiger partial charge in [-0.1, -0.05) is 125 Å². The van der Waals surface area contributed by atoms with E-state index in [4.69, 9.17) is 24.0 Å². The monoisotopic (exact) mass is 734 g/mol. The van der Waals surface area contributed by atoms with Crippen LogP contribution in [-0.2, 0) is 32.9 Å². The molecule has 0 aromatic rings. The van der Waals surface area contributed by atoms with Crippen LogP contribution >= 0.6 is 7.82 Å². The molecule has 10 heteroatoms. The van der Waals surface area contributed by atoms with E-state index < -0.39 is 32.5 Å². The van der Waals surface area contributed by atoms with E-state index in [1.807, 2.05) is 6.08 Å². The molecule has 9 nitrogen and oxygen atoms in total. The normalized spacial score (nSPS) is 17.3. The number of carbonyl (C=O) groups is 2. The molecule has 0 amide bonds. The molecule has 0 aliphatic carbocycles. The fourth-order valence-corrected chi connectivity index (χ4v) is 5.54. The Hall–Kier alpha value is -2.55. The molecule has 0 aromatic carbocycles. The van der Waals surface area contributed by atoms with Gasteiger partial charge in [0.2, 0.25) is 0 Å². The molecule has 0 aromatic heterocycles. The molecular weight excluding hydrogens is 667 g/mol. The van der Waals surface area contributed by atoms with Gasteiger partial charge in [-0.3, -0.25) is 14.1 Å². The zero-order valence-corrected chi connectivity index (χ0v) is 32.3. The van der Waals surface area contributed by atoms with E-state index in [1.165, 1.54) is 25.7 Å². The second-order valence-corrected chi connectivity index (χ2v) is 14.1. The van der Waals surface area contributed by atoms with Crippen LogP contribution in [0.15, 0.2) is 72.9 Å². The predicted octanol–water partition coefficient (Wildman–Crippen LogP) is 10.5. The summed E-state index contributed by atoms with van der Waals surface area (Å²) in [6.45, 7) is 3.45. The molecule has 2 unspecified atom stereocenters. The minimum atomic E-state index is -4.78. The summed E-state index contributed by atoms with van der Waals surface area (Å²) in [6, 6.07) is 0. The van der Waals surface area contributed by atoms with Crippen LogP contribution in [-0.4, -0.2) is 53.3 Å². The van der Waals surface area contributed by atoms with Crippen LogP contribution < -0.4 is 0 Å². The highest BCUT2D eigenvalue weighted by Gasteiger charge is 2.36. The van der Waals surface area contributed by atoms with Crippen molar-refractivity contribution in [3.8, 4) is 0 Å². The number of rotatable bonds is 33. The molecule has 1 fully saturated rings. The number of hydrogen-bond acceptors (Lipinski definition) is 7. The summed E-state index contributed by atoms with van der Waals surface area (Å²) in [4.78, 5) is 42.7. The van der Waals surface area contributed by atoms with E-state index in [2.05, 4.69) is 85.2 Å². The number of ether oxygens (including phenoxy) is 3. The van der Waals surface area contributed by atoms with Gasteiger partial charge >= 0.3 is 19.8 Å². The van der Waals surface area contributed by atoms with Gasteiger partial charge in [0.05, 0.1) is 18.8 Å². The van der Waals surface area contributed by atoms with Crippen molar-refractivity contribution in [2.24, 2.45) is 0 Å². The Bertz CT molecular complexity index is 1120. The van der Waals surface area contributed by atoms with Gasteiger partial charge in [0.25, 0.3) is 0 Å². The average molecular weight is 735 g/mol. The number of phosphoric ester groups is 1. The van der Waals surface area contributed by atoms with Crippen molar-refractivity contribution in [3.63, 3.8) is 0 Å². The van der Waals surface area contributed by atoms with Gasteiger partial charge in [-0.15, -0.1) is 0 Å². The van der Waals surface area contributed by atoms with Gasteiger partial charge in [-0.25, -0.2) is 4.57 Å². The smallest absolute Gasteiger partial charge is 0.462 e. The van der Waals surface area contributed by atoms with Gasteiger partial charge in [-0.05, 0) is 77.0 Å². The van der Waals surface area contributed by atoms with Gasteiger partial charge in [0.1, 0.15) is 6.61 Å². The Labute approximate surface area is 308 Å². The van der Waals surface area contributed by atoms with Crippen molar-refractivity contribution < 1.29 is 42.7 Å². The average Bonchev–Trinajstić information content (AvgIpc) is 3.85. The van der Waals surface area contributed by atoms with E-state index in [1.54, 1.807) is 0 Å². The molecule has 0 saturated carbocycles. The molecule has 51 heavy (non-hydrogen) atoms. The quantitative estimate of drug-likeness (QED) is 0.0222. The number of phosphoric acid groups is 1. The van der Waals surface area contributed by atoms with Crippen LogP contribution in [0.4, 0.5) is 0 Å². The lowest BCUT2D eigenvalue weighted by molar-refractivity contribution is -0.161. The number of allylic oxidation sites excluding steroid dienone is 11. The Kier molecular flexibility index (Phi) is 29.3. The van der Waals surface area contributed by atoms with Crippen LogP contribution in [0.3, 0.4) is 0 Å². The fraction of sp³-hybridized carbons (Fsp3) is 0.659. The molecule has 1 heterocycles. The van der Waals surface area contributed by atoms with Crippen molar-refractivity contribution in [2.45, 2.75) is 161 Å². The highest BCUT2D eigenvalue weighted by Crippen LogP contribution is 2.36. The van der Waals surface area contributed by atoms with Crippen LogP contribution in [0.5, 0.6) is 0 Å². The SMILES string of the molecule is CC/C=C\C/C=C\C/C=C\C/C=C\C/C=C\CCCC(=O)OC[C@H](COP(=O)(O)O)OC(=O)CCCCCCC/C=C\CC1OC1CCCCC. The molecule has 0 bridgehead atoms. The van der Waals surface area contributed by atoms with Crippen LogP contribution in [0.1, 0.15) is 142 Å². The first kappa shape index (κ1) is 46.5. The molecule has 1 aliphatic rings. The summed E-state index contributed by atoms with van der Waals surface area (Å²) >= 11 is 0.